The molecule has 154 valence electrons. The number of furan rings is 1. The van der Waals surface area contributed by atoms with Crippen molar-refractivity contribution in [3.8, 4) is 11.6 Å². The molecule has 0 N–H and O–H groups in total. The van der Waals surface area contributed by atoms with Gasteiger partial charge in [0.15, 0.2) is 11.6 Å². The fourth-order valence-electron chi connectivity index (χ4n) is 3.61. The number of unbranched alkanes of at least 4 members (excludes halogenated alkanes) is 1. The van der Waals surface area contributed by atoms with E-state index < -0.39 is 10.0 Å². The third-order valence-electron chi connectivity index (χ3n) is 5.26. The van der Waals surface area contributed by atoms with E-state index in [1.165, 1.54) is 0 Å². The van der Waals surface area contributed by atoms with E-state index in [0.29, 0.717) is 44.2 Å². The Bertz CT molecular complexity index is 1090. The number of aryl methyl sites for hydroxylation is 1. The van der Waals surface area contributed by atoms with Crippen molar-refractivity contribution in [3.05, 3.63) is 42.2 Å². The van der Waals surface area contributed by atoms with Crippen LogP contribution in [0.3, 0.4) is 0 Å². The number of sulfonamides is 1. The molecule has 0 unspecified atom stereocenters. The highest BCUT2D eigenvalue weighted by atomic mass is 32.2. The van der Waals surface area contributed by atoms with Gasteiger partial charge in [0.05, 0.1) is 17.5 Å². The second-order valence-corrected chi connectivity index (χ2v) is 9.51. The van der Waals surface area contributed by atoms with Crippen molar-refractivity contribution in [1.29, 1.82) is 0 Å². The number of rotatable bonds is 6. The van der Waals surface area contributed by atoms with E-state index in [1.807, 2.05) is 44.2 Å². The summed E-state index contributed by atoms with van der Waals surface area (Å²) in [5.74, 6) is 2.21. The van der Waals surface area contributed by atoms with Crippen LogP contribution in [-0.4, -0.2) is 54.6 Å². The Morgan fingerprint density at radius 1 is 1.10 bits per heavy atom. The van der Waals surface area contributed by atoms with E-state index in [9.17, 15) is 8.42 Å². The Labute approximate surface area is 171 Å². The van der Waals surface area contributed by atoms with Crippen molar-refractivity contribution in [2.75, 3.05) is 36.8 Å². The zero-order chi connectivity index (χ0) is 20.4. The second-order valence-electron chi connectivity index (χ2n) is 7.42. The predicted octanol–water partition coefficient (Wildman–Crippen LogP) is 3.45. The Hall–Kier alpha value is -2.45. The normalized spacial score (nSPS) is 15.9. The van der Waals surface area contributed by atoms with Crippen LogP contribution in [0.25, 0.3) is 22.5 Å². The zero-order valence-corrected chi connectivity index (χ0v) is 17.7. The summed E-state index contributed by atoms with van der Waals surface area (Å²) in [5, 5.41) is 0.966. The monoisotopic (exact) mass is 414 g/mol. The summed E-state index contributed by atoms with van der Waals surface area (Å²) in [6.07, 6.45) is 3.19. The van der Waals surface area contributed by atoms with Gasteiger partial charge in [-0.15, -0.1) is 0 Å². The maximum Gasteiger partial charge on any atom is 0.214 e. The molecule has 0 radical (unpaired) electrons. The minimum absolute atomic E-state index is 0.224. The molecular weight excluding hydrogens is 388 g/mol. The van der Waals surface area contributed by atoms with Crippen LogP contribution in [0.15, 0.2) is 41.0 Å². The van der Waals surface area contributed by atoms with Crippen LogP contribution in [0.5, 0.6) is 0 Å². The average Bonchev–Trinajstić information content (AvgIpc) is 3.26. The molecule has 0 amide bonds. The molecule has 0 spiro atoms. The van der Waals surface area contributed by atoms with Gasteiger partial charge in [-0.05, 0) is 43.2 Å². The maximum absolute atomic E-state index is 12.5. The van der Waals surface area contributed by atoms with Crippen LogP contribution >= 0.6 is 0 Å². The summed E-state index contributed by atoms with van der Waals surface area (Å²) in [6, 6.07) is 9.79. The van der Waals surface area contributed by atoms with Crippen molar-refractivity contribution in [3.63, 3.8) is 0 Å². The van der Waals surface area contributed by atoms with E-state index in [2.05, 4.69) is 9.88 Å². The second kappa shape index (κ2) is 8.12. The van der Waals surface area contributed by atoms with E-state index in [1.54, 1.807) is 10.6 Å². The summed E-state index contributed by atoms with van der Waals surface area (Å²) in [4.78, 5) is 11.6. The number of anilines is 1. The third kappa shape index (κ3) is 4.13. The van der Waals surface area contributed by atoms with Gasteiger partial charge in [0, 0.05) is 31.6 Å². The molecule has 0 saturated carbocycles. The van der Waals surface area contributed by atoms with Crippen LogP contribution in [0.1, 0.15) is 25.3 Å². The van der Waals surface area contributed by atoms with E-state index in [-0.39, 0.29) is 5.75 Å². The van der Waals surface area contributed by atoms with Crippen LogP contribution in [0, 0.1) is 6.92 Å². The molecular formula is C21H26N4O3S. The number of piperazine rings is 1. The third-order valence-corrected chi connectivity index (χ3v) is 7.22. The summed E-state index contributed by atoms with van der Waals surface area (Å²) in [5.41, 5.74) is 1.98. The van der Waals surface area contributed by atoms with Crippen molar-refractivity contribution in [2.45, 2.75) is 26.7 Å². The smallest absolute Gasteiger partial charge is 0.214 e. The molecule has 3 heterocycles. The molecule has 0 bridgehead atoms. The molecule has 1 fully saturated rings. The lowest BCUT2D eigenvalue weighted by Gasteiger charge is -2.35. The highest BCUT2D eigenvalue weighted by Crippen LogP contribution is 2.29. The SMILES string of the molecule is CCCCS(=O)(=O)N1CCN(c2nc(-c3ccco3)nc3cc(C)ccc23)CC1. The summed E-state index contributed by atoms with van der Waals surface area (Å²) in [7, 11) is -3.18. The maximum atomic E-state index is 12.5. The van der Waals surface area contributed by atoms with Gasteiger partial charge in [-0.3, -0.25) is 0 Å². The topological polar surface area (TPSA) is 79.5 Å². The van der Waals surface area contributed by atoms with Gasteiger partial charge < -0.3 is 9.32 Å². The summed E-state index contributed by atoms with van der Waals surface area (Å²) >= 11 is 0. The molecule has 8 heteroatoms. The molecule has 3 aromatic rings. The van der Waals surface area contributed by atoms with Crippen molar-refractivity contribution in [1.82, 2.24) is 14.3 Å². The largest absolute Gasteiger partial charge is 0.461 e. The average molecular weight is 415 g/mol. The van der Waals surface area contributed by atoms with Gasteiger partial charge in [0.2, 0.25) is 10.0 Å². The van der Waals surface area contributed by atoms with Crippen LogP contribution in [0.2, 0.25) is 0 Å². The van der Waals surface area contributed by atoms with Crippen molar-refractivity contribution >= 4 is 26.7 Å². The first kappa shape index (κ1) is 19.8. The first-order chi connectivity index (χ1) is 14.0. The number of nitrogens with zero attached hydrogens (tertiary/aromatic N) is 4. The Balaban J connectivity index is 1.64. The first-order valence-electron chi connectivity index (χ1n) is 10.0. The number of benzene rings is 1. The van der Waals surface area contributed by atoms with Gasteiger partial charge >= 0.3 is 0 Å². The fraction of sp³-hybridized carbons (Fsp3) is 0.429. The quantitative estimate of drug-likeness (QED) is 0.615. The molecule has 7 nitrogen and oxygen atoms in total. The van der Waals surface area contributed by atoms with Crippen molar-refractivity contribution in [2.24, 2.45) is 0 Å². The number of fused-ring (bicyclic) bond motifs is 1. The summed E-state index contributed by atoms with van der Waals surface area (Å²) in [6.45, 7) is 6.19. The van der Waals surface area contributed by atoms with Gasteiger partial charge in [-0.1, -0.05) is 19.4 Å². The van der Waals surface area contributed by atoms with Crippen LogP contribution in [0.4, 0.5) is 5.82 Å². The van der Waals surface area contributed by atoms with Crippen molar-refractivity contribution < 1.29 is 12.8 Å². The molecule has 0 aliphatic carbocycles. The summed E-state index contributed by atoms with van der Waals surface area (Å²) < 4.78 is 32.2. The lowest BCUT2D eigenvalue weighted by Crippen LogP contribution is -2.49. The highest BCUT2D eigenvalue weighted by molar-refractivity contribution is 7.89. The molecule has 4 rings (SSSR count). The van der Waals surface area contributed by atoms with Crippen LogP contribution < -0.4 is 4.90 Å². The zero-order valence-electron chi connectivity index (χ0n) is 16.8. The van der Waals surface area contributed by atoms with E-state index >= 15 is 0 Å². The van der Waals surface area contributed by atoms with Crippen LogP contribution in [-0.2, 0) is 10.0 Å². The minimum atomic E-state index is -3.18. The molecule has 0 atom stereocenters. The minimum Gasteiger partial charge on any atom is -0.461 e. The molecule has 1 aliphatic heterocycles. The number of hydrogen-bond acceptors (Lipinski definition) is 6. The first-order valence-corrected chi connectivity index (χ1v) is 11.6. The number of hydrogen-bond donors (Lipinski definition) is 0. The van der Waals surface area contributed by atoms with Gasteiger partial charge in [0.1, 0.15) is 5.82 Å². The Morgan fingerprint density at radius 2 is 1.90 bits per heavy atom. The van der Waals surface area contributed by atoms with E-state index in [4.69, 9.17) is 9.40 Å². The molecule has 2 aromatic heterocycles. The Morgan fingerprint density at radius 3 is 2.59 bits per heavy atom. The predicted molar refractivity (Wildman–Crippen MR) is 114 cm³/mol. The van der Waals surface area contributed by atoms with Gasteiger partial charge in [-0.2, -0.15) is 4.31 Å². The molecule has 1 aromatic carbocycles. The highest BCUT2D eigenvalue weighted by Gasteiger charge is 2.28. The van der Waals surface area contributed by atoms with E-state index in [0.717, 1.165) is 28.7 Å². The lowest BCUT2D eigenvalue weighted by atomic mass is 10.1. The number of aromatic nitrogens is 2. The standard InChI is InChI=1S/C21H26N4O3S/c1-3-4-14-29(26,27)25-11-9-24(10-12-25)21-17-8-7-16(2)15-18(17)22-20(23-21)19-6-5-13-28-19/h5-8,13,15H,3-4,9-12,14H2,1-2H3. The lowest BCUT2D eigenvalue weighted by molar-refractivity contribution is 0.383. The molecule has 29 heavy (non-hydrogen) atoms. The van der Waals surface area contributed by atoms with Gasteiger partial charge in [-0.25, -0.2) is 18.4 Å². The fourth-order valence-corrected chi connectivity index (χ4v) is 5.25. The molecule has 1 saturated heterocycles. The molecule has 1 aliphatic rings. The Kier molecular flexibility index (Phi) is 5.56. The van der Waals surface area contributed by atoms with Gasteiger partial charge in [0.25, 0.3) is 0 Å².